The van der Waals surface area contributed by atoms with Crippen LogP contribution in [-0.4, -0.2) is 16.7 Å². The van der Waals surface area contributed by atoms with Gasteiger partial charge in [-0.15, -0.1) is 0 Å². The van der Waals surface area contributed by atoms with Crippen LogP contribution >= 0.6 is 15.9 Å². The predicted molar refractivity (Wildman–Crippen MR) is 67.6 cm³/mol. The van der Waals surface area contributed by atoms with Crippen molar-refractivity contribution in [3.05, 3.63) is 34.7 Å². The van der Waals surface area contributed by atoms with Gasteiger partial charge in [0.1, 0.15) is 21.9 Å². The number of rotatable bonds is 2. The molecule has 0 atom stereocenters. The fourth-order valence-electron chi connectivity index (χ4n) is 1.60. The number of aromatic nitrogens is 2. The first-order valence-corrected chi connectivity index (χ1v) is 5.76. The van der Waals surface area contributed by atoms with Gasteiger partial charge in [0.05, 0.1) is 7.11 Å². The van der Waals surface area contributed by atoms with E-state index < -0.39 is 0 Å². The van der Waals surface area contributed by atoms with Gasteiger partial charge in [0.25, 0.3) is 0 Å². The number of benzene rings is 1. The molecule has 0 aliphatic heterocycles. The Balaban J connectivity index is 2.63. The van der Waals surface area contributed by atoms with E-state index in [1.165, 1.54) is 0 Å². The summed E-state index contributed by atoms with van der Waals surface area (Å²) in [6.45, 7) is 1.98. The number of hydrogen-bond acceptors (Lipinski definition) is 2. The van der Waals surface area contributed by atoms with Crippen LogP contribution in [0.4, 0.5) is 0 Å². The van der Waals surface area contributed by atoms with Crippen LogP contribution in [0.1, 0.15) is 5.82 Å². The van der Waals surface area contributed by atoms with Gasteiger partial charge < -0.3 is 9.30 Å². The Morgan fingerprint density at radius 2 is 2.00 bits per heavy atom. The van der Waals surface area contributed by atoms with Crippen LogP contribution in [0, 0.1) is 6.92 Å². The number of aryl methyl sites for hydroxylation is 1. The molecule has 1 heterocycles. The summed E-state index contributed by atoms with van der Waals surface area (Å²) in [6, 6.07) is 7.87. The molecular weight excluding hydrogens is 268 g/mol. The van der Waals surface area contributed by atoms with Crippen LogP contribution in [0.25, 0.3) is 11.3 Å². The largest absolute Gasteiger partial charge is 0.496 e. The molecule has 0 amide bonds. The molecule has 16 heavy (non-hydrogen) atoms. The summed E-state index contributed by atoms with van der Waals surface area (Å²) in [5.74, 6) is 1.80. The van der Waals surface area contributed by atoms with Gasteiger partial charge in [0.2, 0.25) is 0 Å². The fourth-order valence-corrected chi connectivity index (χ4v) is 2.15. The van der Waals surface area contributed by atoms with E-state index in [4.69, 9.17) is 4.74 Å². The van der Waals surface area contributed by atoms with Crippen molar-refractivity contribution in [2.45, 2.75) is 6.92 Å². The van der Waals surface area contributed by atoms with Gasteiger partial charge in [0, 0.05) is 12.6 Å². The molecule has 0 unspecified atom stereocenters. The van der Waals surface area contributed by atoms with Crippen molar-refractivity contribution in [1.82, 2.24) is 9.55 Å². The Bertz CT molecular complexity index is 520. The molecule has 1 aromatic carbocycles. The molecule has 84 valence electrons. The molecule has 0 aliphatic rings. The summed E-state index contributed by atoms with van der Waals surface area (Å²) >= 11 is 3.55. The molecule has 0 saturated heterocycles. The molecule has 0 aliphatic carbocycles. The van der Waals surface area contributed by atoms with Gasteiger partial charge in [-0.05, 0) is 35.0 Å². The minimum Gasteiger partial charge on any atom is -0.496 e. The van der Waals surface area contributed by atoms with E-state index in [9.17, 15) is 0 Å². The average Bonchev–Trinajstić information content (AvgIpc) is 2.57. The van der Waals surface area contributed by atoms with Crippen molar-refractivity contribution < 1.29 is 4.74 Å². The third-order valence-electron chi connectivity index (χ3n) is 2.61. The smallest absolute Gasteiger partial charge is 0.128 e. The third-order valence-corrected chi connectivity index (χ3v) is 3.52. The fraction of sp³-hybridized carbons (Fsp3) is 0.250. The van der Waals surface area contributed by atoms with E-state index in [-0.39, 0.29) is 0 Å². The van der Waals surface area contributed by atoms with Crippen LogP contribution < -0.4 is 4.74 Å². The lowest BCUT2D eigenvalue weighted by Gasteiger charge is -2.06. The second-order valence-corrected chi connectivity index (χ2v) is 4.31. The van der Waals surface area contributed by atoms with E-state index in [1.807, 2.05) is 42.8 Å². The van der Waals surface area contributed by atoms with Crippen LogP contribution in [0.15, 0.2) is 28.9 Å². The molecule has 0 spiro atoms. The maximum Gasteiger partial charge on any atom is 0.128 e. The Labute approximate surface area is 103 Å². The first-order valence-electron chi connectivity index (χ1n) is 4.97. The van der Waals surface area contributed by atoms with Crippen molar-refractivity contribution in [1.29, 1.82) is 0 Å². The molecule has 2 rings (SSSR count). The maximum atomic E-state index is 5.33. The van der Waals surface area contributed by atoms with Crippen LogP contribution in [0.3, 0.4) is 0 Å². The predicted octanol–water partition coefficient (Wildman–Crippen LogP) is 3.17. The number of ether oxygens (including phenoxy) is 1. The number of imidazole rings is 1. The van der Waals surface area contributed by atoms with E-state index in [2.05, 4.69) is 20.9 Å². The first kappa shape index (κ1) is 11.2. The molecule has 0 N–H and O–H groups in total. The number of hydrogen-bond donors (Lipinski definition) is 0. The lowest BCUT2D eigenvalue weighted by molar-refractivity contribution is 0.416. The highest BCUT2D eigenvalue weighted by molar-refractivity contribution is 9.10. The summed E-state index contributed by atoms with van der Waals surface area (Å²) in [7, 11) is 3.65. The molecule has 0 radical (unpaired) electrons. The van der Waals surface area contributed by atoms with Gasteiger partial charge in [-0.25, -0.2) is 4.98 Å². The van der Waals surface area contributed by atoms with Gasteiger partial charge in [-0.3, -0.25) is 0 Å². The molecule has 0 saturated carbocycles. The summed E-state index contributed by atoms with van der Waals surface area (Å²) < 4.78 is 8.30. The topological polar surface area (TPSA) is 27.1 Å². The molecule has 4 heteroatoms. The second kappa shape index (κ2) is 4.29. The average molecular weight is 281 g/mol. The van der Waals surface area contributed by atoms with Gasteiger partial charge in [-0.1, -0.05) is 12.1 Å². The van der Waals surface area contributed by atoms with Crippen molar-refractivity contribution in [2.24, 2.45) is 7.05 Å². The zero-order chi connectivity index (χ0) is 11.7. The van der Waals surface area contributed by atoms with E-state index in [0.29, 0.717) is 0 Å². The van der Waals surface area contributed by atoms with E-state index >= 15 is 0 Å². The molecule has 0 bridgehead atoms. The normalized spacial score (nSPS) is 10.5. The standard InChI is InChI=1S/C12H13BrN2O/c1-8-14-11(12(13)15(8)2)9-6-4-5-7-10(9)16-3/h4-7H,1-3H3. The number of halogens is 1. The molecule has 0 fully saturated rings. The number of para-hydroxylation sites is 1. The summed E-state index contributed by atoms with van der Waals surface area (Å²) in [5, 5.41) is 0. The van der Waals surface area contributed by atoms with Crippen LogP contribution in [0.2, 0.25) is 0 Å². The van der Waals surface area contributed by atoms with Crippen molar-refractivity contribution >= 4 is 15.9 Å². The zero-order valence-electron chi connectivity index (χ0n) is 9.49. The lowest BCUT2D eigenvalue weighted by Crippen LogP contribution is -1.90. The Morgan fingerprint density at radius 3 is 2.56 bits per heavy atom. The van der Waals surface area contributed by atoms with Gasteiger partial charge in [-0.2, -0.15) is 0 Å². The van der Waals surface area contributed by atoms with Crippen molar-refractivity contribution in [3.63, 3.8) is 0 Å². The van der Waals surface area contributed by atoms with Crippen molar-refractivity contribution in [2.75, 3.05) is 7.11 Å². The Morgan fingerprint density at radius 1 is 1.31 bits per heavy atom. The Kier molecular flexibility index (Phi) is 3.01. The summed E-state index contributed by atoms with van der Waals surface area (Å²) in [6.07, 6.45) is 0. The minimum absolute atomic E-state index is 0.835. The summed E-state index contributed by atoms with van der Waals surface area (Å²) in [5.41, 5.74) is 1.91. The quantitative estimate of drug-likeness (QED) is 0.845. The highest BCUT2D eigenvalue weighted by Crippen LogP contribution is 2.34. The van der Waals surface area contributed by atoms with E-state index in [1.54, 1.807) is 7.11 Å². The molecule has 1 aromatic heterocycles. The monoisotopic (exact) mass is 280 g/mol. The lowest BCUT2D eigenvalue weighted by atomic mass is 10.1. The minimum atomic E-state index is 0.835. The highest BCUT2D eigenvalue weighted by Gasteiger charge is 2.14. The van der Waals surface area contributed by atoms with Crippen molar-refractivity contribution in [3.8, 4) is 17.0 Å². The molecule has 2 aromatic rings. The van der Waals surface area contributed by atoms with Gasteiger partial charge in [0.15, 0.2) is 0 Å². The molecule has 3 nitrogen and oxygen atoms in total. The van der Waals surface area contributed by atoms with Gasteiger partial charge >= 0.3 is 0 Å². The molecular formula is C12H13BrN2O. The number of nitrogens with zero attached hydrogens (tertiary/aromatic N) is 2. The van der Waals surface area contributed by atoms with Crippen LogP contribution in [0.5, 0.6) is 5.75 Å². The highest BCUT2D eigenvalue weighted by atomic mass is 79.9. The SMILES string of the molecule is COc1ccccc1-c1nc(C)n(C)c1Br. The first-order chi connectivity index (χ1) is 7.65. The zero-order valence-corrected chi connectivity index (χ0v) is 11.1. The second-order valence-electron chi connectivity index (χ2n) is 3.56. The Hall–Kier alpha value is -1.29. The van der Waals surface area contributed by atoms with E-state index in [0.717, 1.165) is 27.4 Å². The van der Waals surface area contributed by atoms with Crippen LogP contribution in [-0.2, 0) is 7.05 Å². The third kappa shape index (κ3) is 1.73. The summed E-state index contributed by atoms with van der Waals surface area (Å²) in [4.78, 5) is 4.52. The number of methoxy groups -OCH3 is 1. The maximum absolute atomic E-state index is 5.33.